The minimum atomic E-state index is -3.44. The summed E-state index contributed by atoms with van der Waals surface area (Å²) in [6.45, 7) is 1.63. The molecule has 0 aliphatic carbocycles. The minimum absolute atomic E-state index is 0.153. The van der Waals surface area contributed by atoms with Crippen molar-refractivity contribution in [3.05, 3.63) is 71.0 Å². The van der Waals surface area contributed by atoms with Crippen LogP contribution in [-0.4, -0.2) is 30.5 Å². The van der Waals surface area contributed by atoms with Crippen molar-refractivity contribution in [2.75, 3.05) is 16.3 Å². The highest BCUT2D eigenvalue weighted by molar-refractivity contribution is 7.92. The van der Waals surface area contributed by atoms with Gasteiger partial charge in [0.15, 0.2) is 0 Å². The number of hydrogen-bond acceptors (Lipinski definition) is 5. The molecule has 0 saturated heterocycles. The summed E-state index contributed by atoms with van der Waals surface area (Å²) in [7, 11) is -3.44. The lowest BCUT2D eigenvalue weighted by molar-refractivity contribution is 0.102. The van der Waals surface area contributed by atoms with E-state index in [1.807, 2.05) is 12.1 Å². The van der Waals surface area contributed by atoms with Crippen LogP contribution in [-0.2, 0) is 10.0 Å². The first-order chi connectivity index (χ1) is 13.2. The maximum Gasteiger partial charge on any atom is 0.257 e. The van der Waals surface area contributed by atoms with E-state index < -0.39 is 10.0 Å². The largest absolute Gasteiger partial charge is 0.322 e. The number of sulfonamides is 1. The fourth-order valence-electron chi connectivity index (χ4n) is 2.57. The SMILES string of the molecule is Cc1nc(NS(C)(=O)=O)ccc1C(=O)Nc1ccc(Cl)c(-c2ccccn2)c1. The molecular formula is C19H17ClN4O3S. The molecule has 1 aromatic carbocycles. The van der Waals surface area contributed by atoms with Gasteiger partial charge < -0.3 is 5.32 Å². The molecular weight excluding hydrogens is 400 g/mol. The summed E-state index contributed by atoms with van der Waals surface area (Å²) < 4.78 is 24.9. The molecule has 3 aromatic rings. The van der Waals surface area contributed by atoms with Crippen LogP contribution in [0, 0.1) is 6.92 Å². The maximum absolute atomic E-state index is 12.6. The van der Waals surface area contributed by atoms with Crippen molar-refractivity contribution in [3.8, 4) is 11.3 Å². The Morgan fingerprint density at radius 2 is 1.89 bits per heavy atom. The lowest BCUT2D eigenvalue weighted by Gasteiger charge is -2.11. The zero-order valence-electron chi connectivity index (χ0n) is 15.1. The van der Waals surface area contributed by atoms with E-state index in [1.165, 1.54) is 12.1 Å². The Hall–Kier alpha value is -2.97. The minimum Gasteiger partial charge on any atom is -0.322 e. The van der Waals surface area contributed by atoms with Gasteiger partial charge in [-0.15, -0.1) is 0 Å². The number of nitrogens with zero attached hydrogens (tertiary/aromatic N) is 2. The molecule has 0 aliphatic rings. The van der Waals surface area contributed by atoms with E-state index in [4.69, 9.17) is 11.6 Å². The highest BCUT2D eigenvalue weighted by atomic mass is 35.5. The van der Waals surface area contributed by atoms with Gasteiger partial charge in [-0.05, 0) is 49.4 Å². The van der Waals surface area contributed by atoms with Gasteiger partial charge in [0.25, 0.3) is 5.91 Å². The van der Waals surface area contributed by atoms with E-state index >= 15 is 0 Å². The first-order valence-corrected chi connectivity index (χ1v) is 10.5. The second-order valence-electron chi connectivity index (χ2n) is 6.07. The maximum atomic E-state index is 12.6. The van der Waals surface area contributed by atoms with Gasteiger partial charge >= 0.3 is 0 Å². The number of pyridine rings is 2. The zero-order chi connectivity index (χ0) is 20.3. The van der Waals surface area contributed by atoms with E-state index in [2.05, 4.69) is 20.0 Å². The van der Waals surface area contributed by atoms with Crippen molar-refractivity contribution in [1.29, 1.82) is 0 Å². The van der Waals surface area contributed by atoms with Crippen LogP contribution < -0.4 is 10.0 Å². The third-order valence-corrected chi connectivity index (χ3v) is 4.69. The molecule has 0 saturated carbocycles. The quantitative estimate of drug-likeness (QED) is 0.659. The van der Waals surface area contributed by atoms with Gasteiger partial charge in [0.05, 0.1) is 28.2 Å². The monoisotopic (exact) mass is 416 g/mol. The molecule has 7 nitrogen and oxygen atoms in total. The zero-order valence-corrected chi connectivity index (χ0v) is 16.7. The fraction of sp³-hybridized carbons (Fsp3) is 0.105. The van der Waals surface area contributed by atoms with Gasteiger partial charge in [-0.2, -0.15) is 0 Å². The molecule has 1 amide bonds. The predicted molar refractivity (Wildman–Crippen MR) is 110 cm³/mol. The van der Waals surface area contributed by atoms with Crippen LogP contribution >= 0.6 is 11.6 Å². The summed E-state index contributed by atoms with van der Waals surface area (Å²) in [4.78, 5) is 21.0. The van der Waals surface area contributed by atoms with Crippen molar-refractivity contribution in [3.63, 3.8) is 0 Å². The van der Waals surface area contributed by atoms with Crippen molar-refractivity contribution in [1.82, 2.24) is 9.97 Å². The number of aromatic nitrogens is 2. The Bertz CT molecular complexity index is 1140. The first kappa shape index (κ1) is 19.8. The van der Waals surface area contributed by atoms with Crippen LogP contribution in [0.2, 0.25) is 5.02 Å². The molecule has 0 radical (unpaired) electrons. The van der Waals surface area contributed by atoms with Crippen molar-refractivity contribution in [2.24, 2.45) is 0 Å². The number of carbonyl (C=O) groups excluding carboxylic acids is 1. The number of amides is 1. The third kappa shape index (κ3) is 4.85. The third-order valence-electron chi connectivity index (χ3n) is 3.79. The molecule has 0 fully saturated rings. The molecule has 0 spiro atoms. The highest BCUT2D eigenvalue weighted by Gasteiger charge is 2.14. The molecule has 0 atom stereocenters. The van der Waals surface area contributed by atoms with Crippen molar-refractivity contribution < 1.29 is 13.2 Å². The first-order valence-electron chi connectivity index (χ1n) is 8.21. The average Bonchev–Trinajstić information content (AvgIpc) is 2.62. The molecule has 2 heterocycles. The van der Waals surface area contributed by atoms with Gasteiger partial charge in [-0.25, -0.2) is 13.4 Å². The second kappa shape index (κ2) is 7.95. The molecule has 0 bridgehead atoms. The Kier molecular flexibility index (Phi) is 5.62. The van der Waals surface area contributed by atoms with Gasteiger partial charge in [0.2, 0.25) is 10.0 Å². The lowest BCUT2D eigenvalue weighted by atomic mass is 10.1. The number of aryl methyl sites for hydroxylation is 1. The number of hydrogen-bond donors (Lipinski definition) is 2. The number of carbonyl (C=O) groups is 1. The van der Waals surface area contributed by atoms with E-state index in [0.29, 0.717) is 33.2 Å². The van der Waals surface area contributed by atoms with E-state index in [0.717, 1.165) is 6.26 Å². The van der Waals surface area contributed by atoms with Gasteiger partial charge in [0.1, 0.15) is 5.82 Å². The summed E-state index contributed by atoms with van der Waals surface area (Å²) in [5.74, 6) is -0.217. The van der Waals surface area contributed by atoms with Crippen LogP contribution in [0.15, 0.2) is 54.7 Å². The predicted octanol–water partition coefficient (Wildman–Crippen LogP) is 3.73. The Balaban J connectivity index is 1.84. The van der Waals surface area contributed by atoms with Crippen LogP contribution in [0.4, 0.5) is 11.5 Å². The summed E-state index contributed by atoms with van der Waals surface area (Å²) in [6.07, 6.45) is 2.70. The number of anilines is 2. The number of nitrogens with one attached hydrogen (secondary N) is 2. The molecule has 9 heteroatoms. The average molecular weight is 417 g/mol. The smallest absolute Gasteiger partial charge is 0.257 e. The van der Waals surface area contributed by atoms with Crippen molar-refractivity contribution in [2.45, 2.75) is 6.92 Å². The number of halogens is 1. The second-order valence-corrected chi connectivity index (χ2v) is 8.22. The van der Waals surface area contributed by atoms with Gasteiger partial charge in [0, 0.05) is 17.4 Å². The summed E-state index contributed by atoms with van der Waals surface area (Å²) in [5, 5.41) is 3.32. The Labute approximate surface area is 167 Å². The summed E-state index contributed by atoms with van der Waals surface area (Å²) in [5.41, 5.74) is 2.66. The lowest BCUT2D eigenvalue weighted by Crippen LogP contribution is -2.16. The highest BCUT2D eigenvalue weighted by Crippen LogP contribution is 2.29. The molecule has 2 aromatic heterocycles. The Morgan fingerprint density at radius 3 is 2.54 bits per heavy atom. The number of benzene rings is 1. The molecule has 0 unspecified atom stereocenters. The van der Waals surface area contributed by atoms with Crippen LogP contribution in [0.1, 0.15) is 16.1 Å². The van der Waals surface area contributed by atoms with Crippen molar-refractivity contribution >= 4 is 39.0 Å². The van der Waals surface area contributed by atoms with Crippen LogP contribution in [0.3, 0.4) is 0 Å². The molecule has 28 heavy (non-hydrogen) atoms. The molecule has 0 aliphatic heterocycles. The van der Waals surface area contributed by atoms with Crippen LogP contribution in [0.25, 0.3) is 11.3 Å². The topological polar surface area (TPSA) is 101 Å². The summed E-state index contributed by atoms with van der Waals surface area (Å²) in [6, 6.07) is 13.6. The number of rotatable bonds is 5. The van der Waals surface area contributed by atoms with Gasteiger partial charge in [-0.3, -0.25) is 14.5 Å². The van der Waals surface area contributed by atoms with Gasteiger partial charge in [-0.1, -0.05) is 17.7 Å². The molecule has 3 rings (SSSR count). The summed E-state index contributed by atoms with van der Waals surface area (Å²) >= 11 is 6.26. The normalized spacial score (nSPS) is 11.1. The van der Waals surface area contributed by atoms with Crippen LogP contribution in [0.5, 0.6) is 0 Å². The Morgan fingerprint density at radius 1 is 1.11 bits per heavy atom. The van der Waals surface area contributed by atoms with E-state index in [-0.39, 0.29) is 11.7 Å². The van der Waals surface area contributed by atoms with E-state index in [1.54, 1.807) is 37.4 Å². The van der Waals surface area contributed by atoms with E-state index in [9.17, 15) is 13.2 Å². The standard InChI is InChI=1S/C19H17ClN4O3S/c1-12-14(7-9-18(22-12)24-28(2,26)27)19(25)23-13-6-8-16(20)15(11-13)17-5-3-4-10-21-17/h3-11H,1-2H3,(H,22,24)(H,23,25). The molecule has 2 N–H and O–H groups in total. The molecule has 144 valence electrons. The fourth-order valence-corrected chi connectivity index (χ4v) is 3.28.